The molecule has 1 aromatic carbocycles. The molecule has 0 N–H and O–H groups in total. The number of carbonyl (C=O) groups is 1. The van der Waals surface area contributed by atoms with Gasteiger partial charge >= 0.3 is 0 Å². The van der Waals surface area contributed by atoms with E-state index in [9.17, 15) is 4.79 Å². The highest BCUT2D eigenvalue weighted by Gasteiger charge is 2.32. The van der Waals surface area contributed by atoms with Gasteiger partial charge in [0.25, 0.3) is 0 Å². The zero-order valence-corrected chi connectivity index (χ0v) is 14.6. The van der Waals surface area contributed by atoms with Crippen LogP contribution in [0.4, 0.5) is 0 Å². The molecule has 2 saturated carbocycles. The lowest BCUT2D eigenvalue weighted by Gasteiger charge is -2.24. The van der Waals surface area contributed by atoms with Crippen LogP contribution in [0, 0.1) is 5.92 Å². The van der Waals surface area contributed by atoms with Crippen LogP contribution in [0.1, 0.15) is 73.3 Å². The van der Waals surface area contributed by atoms with Crippen molar-refractivity contribution in [2.45, 2.75) is 63.5 Å². The molecule has 3 fully saturated rings. The quantitative estimate of drug-likeness (QED) is 0.785. The molecule has 0 spiro atoms. The Morgan fingerprint density at radius 1 is 0.958 bits per heavy atom. The third-order valence-corrected chi connectivity index (χ3v) is 5.98. The smallest absolute Gasteiger partial charge is 0.165 e. The SMILES string of the molecule is O=C(c1ccc(C2CN(C3CC3)CCC[N]2)cc1)C1CCCCC1. The van der Waals surface area contributed by atoms with E-state index < -0.39 is 0 Å². The fourth-order valence-electron chi connectivity index (χ4n) is 4.34. The zero-order chi connectivity index (χ0) is 16.4. The van der Waals surface area contributed by atoms with E-state index in [-0.39, 0.29) is 12.0 Å². The van der Waals surface area contributed by atoms with Crippen molar-refractivity contribution in [3.63, 3.8) is 0 Å². The predicted molar refractivity (Wildman–Crippen MR) is 96.3 cm³/mol. The summed E-state index contributed by atoms with van der Waals surface area (Å²) in [4.78, 5) is 15.3. The van der Waals surface area contributed by atoms with E-state index >= 15 is 0 Å². The van der Waals surface area contributed by atoms with E-state index in [1.807, 2.05) is 12.1 Å². The van der Waals surface area contributed by atoms with Crippen molar-refractivity contribution in [3.8, 4) is 0 Å². The molecule has 1 unspecified atom stereocenters. The molecule has 1 atom stereocenters. The van der Waals surface area contributed by atoms with E-state index in [1.165, 1.54) is 50.6 Å². The highest BCUT2D eigenvalue weighted by atomic mass is 16.1. The van der Waals surface area contributed by atoms with Gasteiger partial charge < -0.3 is 0 Å². The van der Waals surface area contributed by atoms with Crippen LogP contribution >= 0.6 is 0 Å². The zero-order valence-electron chi connectivity index (χ0n) is 14.6. The molecule has 1 aliphatic heterocycles. The van der Waals surface area contributed by atoms with Gasteiger partial charge in [0.15, 0.2) is 5.78 Å². The van der Waals surface area contributed by atoms with Crippen molar-refractivity contribution < 1.29 is 4.79 Å². The summed E-state index contributed by atoms with van der Waals surface area (Å²) in [6, 6.07) is 9.50. The van der Waals surface area contributed by atoms with Crippen LogP contribution in [0.25, 0.3) is 0 Å². The van der Waals surface area contributed by atoms with Gasteiger partial charge in [0.05, 0.1) is 6.04 Å². The summed E-state index contributed by atoms with van der Waals surface area (Å²) in [5.41, 5.74) is 2.18. The van der Waals surface area contributed by atoms with Crippen LogP contribution in [0.15, 0.2) is 24.3 Å². The van der Waals surface area contributed by atoms with E-state index in [1.54, 1.807) is 0 Å². The van der Waals surface area contributed by atoms with Crippen molar-refractivity contribution in [1.29, 1.82) is 0 Å². The van der Waals surface area contributed by atoms with Crippen molar-refractivity contribution in [3.05, 3.63) is 35.4 Å². The third-order valence-electron chi connectivity index (χ3n) is 5.98. The Morgan fingerprint density at radius 2 is 1.71 bits per heavy atom. The number of hydrogen-bond acceptors (Lipinski definition) is 2. The van der Waals surface area contributed by atoms with Gasteiger partial charge in [-0.2, -0.15) is 0 Å². The highest BCUT2D eigenvalue weighted by Crippen LogP contribution is 2.31. The number of rotatable bonds is 4. The van der Waals surface area contributed by atoms with Crippen LogP contribution in [-0.4, -0.2) is 36.4 Å². The molecule has 3 aliphatic rings. The molecule has 24 heavy (non-hydrogen) atoms. The number of ketones is 1. The normalized spacial score (nSPS) is 26.9. The van der Waals surface area contributed by atoms with Crippen LogP contribution in [-0.2, 0) is 0 Å². The lowest BCUT2D eigenvalue weighted by molar-refractivity contribution is 0.0889. The maximum Gasteiger partial charge on any atom is 0.165 e. The van der Waals surface area contributed by atoms with Crippen LogP contribution in [0.2, 0.25) is 0 Å². The minimum Gasteiger partial charge on any atom is -0.298 e. The Balaban J connectivity index is 1.43. The monoisotopic (exact) mass is 325 g/mol. The minimum absolute atomic E-state index is 0.262. The van der Waals surface area contributed by atoms with E-state index in [0.717, 1.165) is 37.5 Å². The van der Waals surface area contributed by atoms with Gasteiger partial charge in [-0.3, -0.25) is 9.69 Å². The van der Waals surface area contributed by atoms with Gasteiger partial charge in [0.1, 0.15) is 0 Å². The Labute approximate surface area is 145 Å². The molecule has 0 aromatic heterocycles. The molecule has 0 amide bonds. The largest absolute Gasteiger partial charge is 0.298 e. The van der Waals surface area contributed by atoms with Gasteiger partial charge in [-0.1, -0.05) is 43.5 Å². The topological polar surface area (TPSA) is 34.4 Å². The molecule has 0 bridgehead atoms. The summed E-state index contributed by atoms with van der Waals surface area (Å²) in [7, 11) is 0. The minimum atomic E-state index is 0.262. The first-order valence-corrected chi connectivity index (χ1v) is 9.86. The lowest BCUT2D eigenvalue weighted by Crippen LogP contribution is -2.31. The molecular formula is C21H29N2O. The van der Waals surface area contributed by atoms with E-state index in [0.29, 0.717) is 5.78 Å². The number of nitrogens with zero attached hydrogens (tertiary/aromatic N) is 2. The summed E-state index contributed by atoms with van der Waals surface area (Å²) in [5.74, 6) is 0.621. The fraction of sp³-hybridized carbons (Fsp3) is 0.667. The summed E-state index contributed by atoms with van der Waals surface area (Å²) in [6.07, 6.45) is 9.79. The maximum atomic E-state index is 12.7. The summed E-state index contributed by atoms with van der Waals surface area (Å²) in [5, 5.41) is 4.89. The molecule has 3 heteroatoms. The highest BCUT2D eigenvalue weighted by molar-refractivity contribution is 5.97. The average molecular weight is 325 g/mol. The fourth-order valence-corrected chi connectivity index (χ4v) is 4.34. The van der Waals surface area contributed by atoms with E-state index in [4.69, 9.17) is 5.32 Å². The van der Waals surface area contributed by atoms with Gasteiger partial charge in [0.2, 0.25) is 0 Å². The molecule has 3 nitrogen and oxygen atoms in total. The summed E-state index contributed by atoms with van der Waals surface area (Å²) in [6.45, 7) is 3.22. The second-order valence-electron chi connectivity index (χ2n) is 7.82. The van der Waals surface area contributed by atoms with Gasteiger partial charge in [0, 0.05) is 30.6 Å². The number of Topliss-reactive ketones (excluding diaryl/α,β-unsaturated/α-hetero) is 1. The predicted octanol–water partition coefficient (Wildman–Crippen LogP) is 3.96. The molecule has 4 rings (SSSR count). The first-order valence-electron chi connectivity index (χ1n) is 9.86. The third kappa shape index (κ3) is 3.73. The second-order valence-corrected chi connectivity index (χ2v) is 7.82. The standard InChI is InChI=1S/C21H29N2O/c24-21(17-5-2-1-3-6-17)18-9-7-16(8-10-18)20-15-23(19-11-12-19)14-4-13-22-20/h7-10,17,19-20H,1-6,11-15H2. The van der Waals surface area contributed by atoms with Gasteiger partial charge in [-0.25, -0.2) is 5.32 Å². The van der Waals surface area contributed by atoms with Crippen LogP contribution in [0.3, 0.4) is 0 Å². The molecule has 1 aromatic rings. The summed E-state index contributed by atoms with van der Waals surface area (Å²) >= 11 is 0. The lowest BCUT2D eigenvalue weighted by atomic mass is 9.83. The van der Waals surface area contributed by atoms with Crippen molar-refractivity contribution >= 4 is 5.78 Å². The Bertz CT molecular complexity index is 558. The maximum absolute atomic E-state index is 12.7. The van der Waals surface area contributed by atoms with Crippen molar-refractivity contribution in [2.75, 3.05) is 19.6 Å². The molecule has 2 aliphatic carbocycles. The molecule has 1 heterocycles. The number of carbonyl (C=O) groups excluding carboxylic acids is 1. The first kappa shape index (κ1) is 16.3. The number of benzene rings is 1. The first-order chi connectivity index (χ1) is 11.8. The Morgan fingerprint density at radius 3 is 2.42 bits per heavy atom. The van der Waals surface area contributed by atoms with Crippen molar-refractivity contribution in [1.82, 2.24) is 10.2 Å². The molecule has 1 radical (unpaired) electrons. The number of hydrogen-bond donors (Lipinski definition) is 0. The van der Waals surface area contributed by atoms with Gasteiger partial charge in [-0.15, -0.1) is 0 Å². The van der Waals surface area contributed by atoms with Crippen molar-refractivity contribution in [2.24, 2.45) is 5.92 Å². The van der Waals surface area contributed by atoms with Crippen LogP contribution < -0.4 is 5.32 Å². The molecular weight excluding hydrogens is 296 g/mol. The van der Waals surface area contributed by atoms with Crippen LogP contribution in [0.5, 0.6) is 0 Å². The second kappa shape index (κ2) is 7.37. The Kier molecular flexibility index (Phi) is 5.00. The molecule has 129 valence electrons. The van der Waals surface area contributed by atoms with E-state index in [2.05, 4.69) is 17.0 Å². The molecule has 1 saturated heterocycles. The summed E-state index contributed by atoms with van der Waals surface area (Å²) < 4.78 is 0. The Hall–Kier alpha value is -1.19. The van der Waals surface area contributed by atoms with Gasteiger partial charge in [-0.05, 0) is 44.2 Å². The average Bonchev–Trinajstić information content (AvgIpc) is 3.48.